The van der Waals surface area contributed by atoms with Crippen molar-refractivity contribution in [1.82, 2.24) is 4.98 Å². The monoisotopic (exact) mass is 500 g/mol. The Morgan fingerprint density at radius 3 is 2.47 bits per heavy atom. The topological polar surface area (TPSA) is 106 Å². The maximum atomic E-state index is 12.9. The average Bonchev–Trinajstić information content (AvgIpc) is 3.36. The first-order chi connectivity index (χ1) is 16.3. The van der Waals surface area contributed by atoms with Crippen LogP contribution >= 0.6 is 11.3 Å². The first kappa shape index (κ1) is 24.2. The molecule has 0 saturated heterocycles. The van der Waals surface area contributed by atoms with Gasteiger partial charge in [-0.05, 0) is 61.3 Å². The van der Waals surface area contributed by atoms with Crippen molar-refractivity contribution in [2.24, 2.45) is 5.92 Å². The van der Waals surface area contributed by atoms with Crippen molar-refractivity contribution >= 4 is 33.0 Å². The number of aromatic nitrogens is 1. The Hall–Kier alpha value is -2.91. The molecule has 1 aromatic heterocycles. The fraction of sp³-hybridized carbons (Fsp3) is 0.360. The molecule has 4 rings (SSSR count). The van der Waals surface area contributed by atoms with Crippen molar-refractivity contribution in [1.29, 1.82) is 0 Å². The van der Waals surface area contributed by atoms with Crippen molar-refractivity contribution in [3.8, 4) is 16.3 Å². The fourth-order valence-electron chi connectivity index (χ4n) is 4.42. The molecule has 0 amide bonds. The van der Waals surface area contributed by atoms with Crippen LogP contribution in [0.3, 0.4) is 0 Å². The van der Waals surface area contributed by atoms with Gasteiger partial charge in [0.2, 0.25) is 0 Å². The third-order valence-electron chi connectivity index (χ3n) is 6.50. The number of ether oxygens (including phenoxy) is 1. The number of carbonyl (C=O) groups is 1. The first-order valence-corrected chi connectivity index (χ1v) is 13.7. The third kappa shape index (κ3) is 5.26. The number of methoxy groups -OCH3 is 1. The molecule has 0 spiro atoms. The number of benzene rings is 2. The Morgan fingerprint density at radius 1 is 1.15 bits per heavy atom. The van der Waals surface area contributed by atoms with E-state index in [-0.39, 0.29) is 22.0 Å². The van der Waals surface area contributed by atoms with Gasteiger partial charge in [0.15, 0.2) is 5.03 Å². The SMILES string of the molecule is CCC1CCC(c2ccc(-c3nc(S(=O)(=O)Nc4ccc(C(=O)O)cc4OC)cs3)cc2)CC1. The molecule has 0 bridgehead atoms. The molecular weight excluding hydrogens is 472 g/mol. The van der Waals surface area contributed by atoms with Crippen LogP contribution in [0.1, 0.15) is 60.9 Å². The van der Waals surface area contributed by atoms with E-state index < -0.39 is 16.0 Å². The minimum atomic E-state index is -3.98. The van der Waals surface area contributed by atoms with Crippen LogP contribution in [0.15, 0.2) is 52.9 Å². The van der Waals surface area contributed by atoms with Gasteiger partial charge in [-0.1, -0.05) is 37.6 Å². The molecule has 9 heteroatoms. The van der Waals surface area contributed by atoms with Crippen molar-refractivity contribution in [2.75, 3.05) is 11.8 Å². The number of rotatable bonds is 8. The standard InChI is InChI=1S/C25H28N2O5S2/c1-3-16-4-6-17(7-5-16)18-8-10-19(11-9-18)24-26-23(15-33-24)34(30,31)27-21-13-12-20(25(28)29)14-22(21)32-2/h8-17,27H,3-7H2,1-2H3,(H,28,29). The van der Waals surface area contributed by atoms with Crippen LogP contribution in [0.4, 0.5) is 5.69 Å². The van der Waals surface area contributed by atoms with Crippen LogP contribution in [0.5, 0.6) is 5.75 Å². The van der Waals surface area contributed by atoms with Crippen molar-refractivity contribution < 1.29 is 23.1 Å². The maximum absolute atomic E-state index is 12.9. The van der Waals surface area contributed by atoms with Crippen LogP contribution in [-0.2, 0) is 10.0 Å². The van der Waals surface area contributed by atoms with Crippen LogP contribution in [0.25, 0.3) is 10.6 Å². The number of aromatic carboxylic acids is 1. The van der Waals surface area contributed by atoms with E-state index in [1.54, 1.807) is 0 Å². The first-order valence-electron chi connectivity index (χ1n) is 11.3. The van der Waals surface area contributed by atoms with E-state index in [1.807, 2.05) is 12.1 Å². The zero-order chi connectivity index (χ0) is 24.3. The number of hydrogen-bond donors (Lipinski definition) is 2. The number of nitrogens with zero attached hydrogens (tertiary/aromatic N) is 1. The van der Waals surface area contributed by atoms with E-state index in [0.717, 1.165) is 11.5 Å². The molecule has 2 N–H and O–H groups in total. The summed E-state index contributed by atoms with van der Waals surface area (Å²) in [7, 11) is -2.63. The largest absolute Gasteiger partial charge is 0.495 e. The summed E-state index contributed by atoms with van der Waals surface area (Å²) < 4.78 is 33.4. The summed E-state index contributed by atoms with van der Waals surface area (Å²) >= 11 is 1.26. The van der Waals surface area contributed by atoms with Gasteiger partial charge in [0, 0.05) is 10.9 Å². The zero-order valence-electron chi connectivity index (χ0n) is 19.2. The molecule has 2 aromatic carbocycles. The molecule has 1 aliphatic carbocycles. The zero-order valence-corrected chi connectivity index (χ0v) is 20.8. The van der Waals surface area contributed by atoms with Gasteiger partial charge in [0.05, 0.1) is 18.4 Å². The normalized spacial score (nSPS) is 18.4. The highest BCUT2D eigenvalue weighted by Gasteiger charge is 2.23. The molecule has 1 saturated carbocycles. The number of thiazole rings is 1. The smallest absolute Gasteiger partial charge is 0.335 e. The lowest BCUT2D eigenvalue weighted by Crippen LogP contribution is -2.14. The molecule has 0 radical (unpaired) electrons. The number of anilines is 1. The van der Waals surface area contributed by atoms with Crippen molar-refractivity contribution in [3.63, 3.8) is 0 Å². The molecular formula is C25H28N2O5S2. The second-order valence-electron chi connectivity index (χ2n) is 8.56. The predicted molar refractivity (Wildman–Crippen MR) is 133 cm³/mol. The molecule has 180 valence electrons. The van der Waals surface area contributed by atoms with E-state index in [4.69, 9.17) is 9.84 Å². The highest BCUT2D eigenvalue weighted by atomic mass is 32.2. The van der Waals surface area contributed by atoms with E-state index in [2.05, 4.69) is 28.8 Å². The van der Waals surface area contributed by atoms with Crippen molar-refractivity contribution in [3.05, 3.63) is 59.0 Å². The quantitative estimate of drug-likeness (QED) is 0.393. The maximum Gasteiger partial charge on any atom is 0.335 e. The summed E-state index contributed by atoms with van der Waals surface area (Å²) in [4.78, 5) is 15.5. The molecule has 34 heavy (non-hydrogen) atoms. The Kier molecular flexibility index (Phi) is 7.23. The van der Waals surface area contributed by atoms with E-state index in [0.29, 0.717) is 10.9 Å². The van der Waals surface area contributed by atoms with Crippen LogP contribution in [0.2, 0.25) is 0 Å². The highest BCUT2D eigenvalue weighted by Crippen LogP contribution is 2.38. The Labute approximate surface area is 203 Å². The Balaban J connectivity index is 1.49. The van der Waals surface area contributed by atoms with E-state index in [9.17, 15) is 13.2 Å². The second kappa shape index (κ2) is 10.1. The molecule has 0 aliphatic heterocycles. The molecule has 3 aromatic rings. The van der Waals surface area contributed by atoms with Gasteiger partial charge in [-0.25, -0.2) is 9.78 Å². The summed E-state index contributed by atoms with van der Waals surface area (Å²) in [6.07, 6.45) is 6.28. The van der Waals surface area contributed by atoms with Gasteiger partial charge in [-0.3, -0.25) is 4.72 Å². The molecule has 0 atom stereocenters. The predicted octanol–water partition coefficient (Wildman–Crippen LogP) is 6.00. The summed E-state index contributed by atoms with van der Waals surface area (Å²) in [5, 5.41) is 11.1. The molecule has 0 unspecified atom stereocenters. The highest BCUT2D eigenvalue weighted by molar-refractivity contribution is 7.92. The van der Waals surface area contributed by atoms with Gasteiger partial charge in [-0.2, -0.15) is 8.42 Å². The number of carboxylic acids is 1. The number of sulfonamides is 1. The van der Waals surface area contributed by atoms with Gasteiger partial charge in [0.1, 0.15) is 10.8 Å². The summed E-state index contributed by atoms with van der Waals surface area (Å²) in [5.74, 6) is 0.435. The molecule has 7 nitrogen and oxygen atoms in total. The lowest BCUT2D eigenvalue weighted by Gasteiger charge is -2.28. The number of nitrogens with one attached hydrogen (secondary N) is 1. The van der Waals surface area contributed by atoms with Crippen LogP contribution in [0, 0.1) is 5.92 Å². The average molecular weight is 501 g/mol. The summed E-state index contributed by atoms with van der Waals surface area (Å²) in [6, 6.07) is 12.2. The lowest BCUT2D eigenvalue weighted by molar-refractivity contribution is 0.0696. The summed E-state index contributed by atoms with van der Waals surface area (Å²) in [6.45, 7) is 2.27. The Morgan fingerprint density at radius 2 is 1.85 bits per heavy atom. The van der Waals surface area contributed by atoms with E-state index >= 15 is 0 Å². The van der Waals surface area contributed by atoms with Crippen LogP contribution in [-0.4, -0.2) is 31.6 Å². The summed E-state index contributed by atoms with van der Waals surface area (Å²) in [5.41, 5.74) is 2.35. The fourth-order valence-corrected chi connectivity index (χ4v) is 6.59. The van der Waals surface area contributed by atoms with Gasteiger partial charge < -0.3 is 9.84 Å². The van der Waals surface area contributed by atoms with E-state index in [1.165, 1.54) is 79.7 Å². The molecule has 1 fully saturated rings. The minimum Gasteiger partial charge on any atom is -0.495 e. The van der Waals surface area contributed by atoms with Gasteiger partial charge >= 0.3 is 5.97 Å². The lowest BCUT2D eigenvalue weighted by atomic mass is 9.78. The molecule has 1 heterocycles. The van der Waals surface area contributed by atoms with Gasteiger partial charge in [-0.15, -0.1) is 11.3 Å². The number of hydrogen-bond acceptors (Lipinski definition) is 6. The van der Waals surface area contributed by atoms with Crippen molar-refractivity contribution in [2.45, 2.75) is 50.0 Å². The number of carboxylic acid groups (broad SMARTS) is 1. The van der Waals surface area contributed by atoms with Gasteiger partial charge in [0.25, 0.3) is 10.0 Å². The molecule has 1 aliphatic rings. The third-order valence-corrected chi connectivity index (χ3v) is 8.79. The van der Waals surface area contributed by atoms with Crippen LogP contribution < -0.4 is 9.46 Å². The minimum absolute atomic E-state index is 0.00222. The Bertz CT molecular complexity index is 1260. The second-order valence-corrected chi connectivity index (χ2v) is 11.1.